The highest BCUT2D eigenvalue weighted by Crippen LogP contribution is 1.93. The molecule has 3 nitrogen and oxygen atoms in total. The van der Waals surface area contributed by atoms with Crippen molar-refractivity contribution >= 4 is 6.08 Å². The van der Waals surface area contributed by atoms with Crippen LogP contribution in [0.25, 0.3) is 6.08 Å². The Balaban J connectivity index is 3.09. The molecule has 0 amide bonds. The summed E-state index contributed by atoms with van der Waals surface area (Å²) < 4.78 is 0.660. The highest BCUT2D eigenvalue weighted by molar-refractivity contribution is 5.36. The second-order valence-electron chi connectivity index (χ2n) is 1.32. The number of hydrogen-bond acceptors (Lipinski definition) is 2. The number of aromatic nitrogens is 2. The van der Waals surface area contributed by atoms with Gasteiger partial charge in [0.15, 0.2) is 0 Å². The minimum Gasteiger partial charge on any atom is -0.805 e. The van der Waals surface area contributed by atoms with Crippen LogP contribution in [0.15, 0.2) is 19.0 Å². The Hall–Kier alpha value is -1.25. The average Bonchev–Trinajstić information content (AvgIpc) is 2.14. The van der Waals surface area contributed by atoms with E-state index < -0.39 is 0 Å². The second kappa shape index (κ2) is 1.69. The van der Waals surface area contributed by atoms with Crippen LogP contribution in [-0.4, -0.2) is 9.71 Å². The van der Waals surface area contributed by atoms with Crippen LogP contribution in [0.5, 0.6) is 0 Å². The maximum atomic E-state index is 10.4. The van der Waals surface area contributed by atoms with Crippen LogP contribution in [0.4, 0.5) is 0 Å². The van der Waals surface area contributed by atoms with Crippen LogP contribution < -0.4 is 0 Å². The van der Waals surface area contributed by atoms with E-state index in [9.17, 15) is 5.21 Å². The largest absolute Gasteiger partial charge is 0.805 e. The van der Waals surface area contributed by atoms with Crippen molar-refractivity contribution < 1.29 is 0 Å². The van der Waals surface area contributed by atoms with Crippen LogP contribution in [0.3, 0.4) is 0 Å². The molecule has 0 saturated heterocycles. The van der Waals surface area contributed by atoms with E-state index in [-0.39, 0.29) is 0 Å². The molecule has 0 aromatic carbocycles. The van der Waals surface area contributed by atoms with Gasteiger partial charge in [0.1, 0.15) is 5.82 Å². The van der Waals surface area contributed by atoms with Crippen molar-refractivity contribution in [1.29, 1.82) is 0 Å². The molecule has 3 heteroatoms. The van der Waals surface area contributed by atoms with Crippen molar-refractivity contribution in [2.75, 3.05) is 0 Å². The number of rotatable bonds is 1. The predicted octanol–water partition coefficient (Wildman–Crippen LogP) is 0.872. The first-order valence-corrected chi connectivity index (χ1v) is 2.18. The fourth-order valence-corrected chi connectivity index (χ4v) is 0.446. The van der Waals surface area contributed by atoms with E-state index in [1.165, 1.54) is 18.5 Å². The van der Waals surface area contributed by atoms with Crippen LogP contribution in [0.1, 0.15) is 5.82 Å². The summed E-state index contributed by atoms with van der Waals surface area (Å²) in [7, 11) is 0. The lowest BCUT2D eigenvalue weighted by molar-refractivity contribution is 1.05. The smallest absolute Gasteiger partial charge is 0.127 e. The van der Waals surface area contributed by atoms with Gasteiger partial charge in [0.2, 0.25) is 0 Å². The Morgan fingerprint density at radius 3 is 2.88 bits per heavy atom. The third-order valence-electron chi connectivity index (χ3n) is 0.817. The fraction of sp³-hybridized carbons (Fsp3) is 0. The summed E-state index contributed by atoms with van der Waals surface area (Å²) in [6.07, 6.45) is 4.17. The molecule has 0 aliphatic heterocycles. The molecule has 0 bridgehead atoms. The number of nitrogens with zero attached hydrogens (tertiary/aromatic N) is 2. The maximum Gasteiger partial charge on any atom is 0.127 e. The minimum atomic E-state index is 0.352. The quantitative estimate of drug-likeness (QED) is 0.537. The van der Waals surface area contributed by atoms with Crippen molar-refractivity contribution in [3.8, 4) is 0 Å². The van der Waals surface area contributed by atoms with Gasteiger partial charge in [0.25, 0.3) is 0 Å². The summed E-state index contributed by atoms with van der Waals surface area (Å²) >= 11 is 0. The van der Waals surface area contributed by atoms with Crippen molar-refractivity contribution in [2.45, 2.75) is 0 Å². The molecule has 0 aliphatic rings. The summed E-state index contributed by atoms with van der Waals surface area (Å²) in [4.78, 5) is 3.67. The molecule has 0 saturated carbocycles. The SMILES string of the molecule is C=Cc1nccn1[O-]. The predicted molar refractivity (Wildman–Crippen MR) is 31.1 cm³/mol. The first-order chi connectivity index (χ1) is 3.84. The van der Waals surface area contributed by atoms with Crippen molar-refractivity contribution in [3.05, 3.63) is 30.0 Å². The molecule has 1 rings (SSSR count). The zero-order valence-electron chi connectivity index (χ0n) is 4.24. The fourth-order valence-electron chi connectivity index (χ4n) is 0.446. The summed E-state index contributed by atoms with van der Waals surface area (Å²) in [5, 5.41) is 10.4. The first-order valence-electron chi connectivity index (χ1n) is 2.18. The first kappa shape index (κ1) is 4.90. The lowest BCUT2D eigenvalue weighted by Gasteiger charge is -2.04. The molecule has 0 fully saturated rings. The highest BCUT2D eigenvalue weighted by Gasteiger charge is 1.83. The van der Waals surface area contributed by atoms with Gasteiger partial charge in [-0.3, -0.25) is 0 Å². The van der Waals surface area contributed by atoms with E-state index in [0.717, 1.165) is 0 Å². The normalized spacial score (nSPS) is 9.00. The maximum absolute atomic E-state index is 10.4. The molecule has 1 aromatic heterocycles. The van der Waals surface area contributed by atoms with Crippen molar-refractivity contribution in [3.63, 3.8) is 0 Å². The van der Waals surface area contributed by atoms with E-state index in [4.69, 9.17) is 0 Å². The van der Waals surface area contributed by atoms with E-state index in [2.05, 4.69) is 11.6 Å². The van der Waals surface area contributed by atoms with Gasteiger partial charge in [0, 0.05) is 12.4 Å². The molecule has 42 valence electrons. The molecule has 1 heterocycles. The van der Waals surface area contributed by atoms with Crippen molar-refractivity contribution in [2.24, 2.45) is 0 Å². The van der Waals surface area contributed by atoms with E-state index >= 15 is 0 Å². The minimum absolute atomic E-state index is 0.352. The monoisotopic (exact) mass is 109 g/mol. The molecule has 0 aliphatic carbocycles. The van der Waals surface area contributed by atoms with Gasteiger partial charge in [-0.1, -0.05) is 6.58 Å². The summed E-state index contributed by atoms with van der Waals surface area (Å²) in [5.74, 6) is 0.352. The Labute approximate surface area is 46.9 Å². The van der Waals surface area contributed by atoms with Gasteiger partial charge in [-0.05, 0) is 6.08 Å². The standard InChI is InChI=1S/C5H5N2O/c1-2-5-6-3-4-7(5)8/h2-4H,1H2/q-1. The van der Waals surface area contributed by atoms with Crippen molar-refractivity contribution in [1.82, 2.24) is 9.71 Å². The Morgan fingerprint density at radius 2 is 2.62 bits per heavy atom. The summed E-state index contributed by atoms with van der Waals surface area (Å²) in [6, 6.07) is 0. The van der Waals surface area contributed by atoms with Gasteiger partial charge in [-0.25, -0.2) is 4.98 Å². The molecule has 1 aromatic rings. The van der Waals surface area contributed by atoms with Crippen LogP contribution in [0, 0.1) is 5.21 Å². The van der Waals surface area contributed by atoms with E-state index in [1.807, 2.05) is 0 Å². The lowest BCUT2D eigenvalue weighted by Crippen LogP contribution is -1.85. The second-order valence-corrected chi connectivity index (χ2v) is 1.32. The number of imidazole rings is 1. The van der Waals surface area contributed by atoms with Crippen LogP contribution >= 0.6 is 0 Å². The van der Waals surface area contributed by atoms with Crippen LogP contribution in [0.2, 0.25) is 0 Å². The molecular weight excluding hydrogens is 104 g/mol. The van der Waals surface area contributed by atoms with E-state index in [1.54, 1.807) is 0 Å². The van der Waals surface area contributed by atoms with Gasteiger partial charge in [-0.15, -0.1) is 0 Å². The van der Waals surface area contributed by atoms with Gasteiger partial charge in [-0.2, -0.15) is 0 Å². The Morgan fingerprint density at radius 1 is 1.88 bits per heavy atom. The topological polar surface area (TPSA) is 40.9 Å². The highest BCUT2D eigenvalue weighted by atomic mass is 16.5. The number of hydrogen-bond donors (Lipinski definition) is 0. The third kappa shape index (κ3) is 0.578. The zero-order valence-corrected chi connectivity index (χ0v) is 4.24. The van der Waals surface area contributed by atoms with E-state index in [0.29, 0.717) is 10.6 Å². The molecule has 0 N–H and O–H groups in total. The third-order valence-corrected chi connectivity index (χ3v) is 0.817. The summed E-state index contributed by atoms with van der Waals surface area (Å²) in [6.45, 7) is 3.38. The summed E-state index contributed by atoms with van der Waals surface area (Å²) in [5.41, 5.74) is 0. The molecule has 0 radical (unpaired) electrons. The van der Waals surface area contributed by atoms with Gasteiger partial charge in [0.05, 0.1) is 0 Å². The molecular formula is C5H5N2O-. The van der Waals surface area contributed by atoms with Crippen LogP contribution in [-0.2, 0) is 0 Å². The Bertz CT molecular complexity index is 192. The lowest BCUT2D eigenvalue weighted by atomic mass is 10.6. The molecule has 0 unspecified atom stereocenters. The van der Waals surface area contributed by atoms with Gasteiger partial charge >= 0.3 is 0 Å². The van der Waals surface area contributed by atoms with Gasteiger partial charge < -0.3 is 9.94 Å². The molecule has 0 spiro atoms. The zero-order chi connectivity index (χ0) is 5.98. The molecule has 8 heavy (non-hydrogen) atoms. The average molecular weight is 109 g/mol. The Kier molecular flexibility index (Phi) is 1.04. The molecule has 0 atom stereocenters.